The normalized spacial score (nSPS) is 16.0. The number of carbonyl (C=O) groups is 1. The number of piperazine rings is 1. The second-order valence-electron chi connectivity index (χ2n) is 7.97. The van der Waals surface area contributed by atoms with Gasteiger partial charge in [0.15, 0.2) is 0 Å². The molecule has 162 valence electrons. The number of anilines is 1. The molecule has 0 atom stereocenters. The Labute approximate surface area is 179 Å². The van der Waals surface area contributed by atoms with E-state index in [0.29, 0.717) is 37.7 Å². The number of nitrogens with zero attached hydrogens (tertiary/aromatic N) is 2. The van der Waals surface area contributed by atoms with E-state index in [1.807, 2.05) is 48.5 Å². The molecule has 3 rings (SSSR count). The molecule has 7 heteroatoms. The number of rotatable bonds is 7. The van der Waals surface area contributed by atoms with Gasteiger partial charge in [0.25, 0.3) is 5.91 Å². The minimum atomic E-state index is -3.10. The molecule has 6 nitrogen and oxygen atoms in total. The molecule has 0 aromatic heterocycles. The summed E-state index contributed by atoms with van der Waals surface area (Å²) in [5.74, 6) is 0.364. The van der Waals surface area contributed by atoms with Gasteiger partial charge in [-0.05, 0) is 42.2 Å². The number of amides is 1. The van der Waals surface area contributed by atoms with Crippen LogP contribution in [0.3, 0.4) is 0 Å². The van der Waals surface area contributed by atoms with Gasteiger partial charge in [-0.3, -0.25) is 9.69 Å². The van der Waals surface area contributed by atoms with Gasteiger partial charge in [-0.15, -0.1) is 0 Å². The van der Waals surface area contributed by atoms with E-state index in [1.54, 1.807) is 11.2 Å². The largest absolute Gasteiger partial charge is 0.322 e. The number of sulfonamides is 1. The lowest BCUT2D eigenvalue weighted by atomic mass is 10.0. The maximum Gasteiger partial charge on any atom is 0.255 e. The van der Waals surface area contributed by atoms with Crippen molar-refractivity contribution in [2.45, 2.75) is 33.2 Å². The highest BCUT2D eigenvalue weighted by molar-refractivity contribution is 7.89. The van der Waals surface area contributed by atoms with E-state index in [0.717, 1.165) is 23.4 Å². The molecular formula is C23H31N3O3S. The number of para-hydroxylation sites is 1. The number of nitrogens with one attached hydrogen (secondary N) is 1. The van der Waals surface area contributed by atoms with Crippen molar-refractivity contribution in [2.75, 3.05) is 37.2 Å². The Kier molecular flexibility index (Phi) is 7.28. The Bertz CT molecular complexity index is 963. The fourth-order valence-electron chi connectivity index (χ4n) is 3.68. The van der Waals surface area contributed by atoms with Crippen molar-refractivity contribution in [3.05, 3.63) is 65.2 Å². The average molecular weight is 430 g/mol. The van der Waals surface area contributed by atoms with Crippen LogP contribution in [0.4, 0.5) is 5.69 Å². The summed E-state index contributed by atoms with van der Waals surface area (Å²) in [7, 11) is -3.10. The van der Waals surface area contributed by atoms with Crippen LogP contribution < -0.4 is 5.32 Å². The van der Waals surface area contributed by atoms with Crippen molar-refractivity contribution in [1.82, 2.24) is 9.21 Å². The van der Waals surface area contributed by atoms with Gasteiger partial charge in [-0.1, -0.05) is 44.2 Å². The van der Waals surface area contributed by atoms with Crippen molar-refractivity contribution < 1.29 is 13.2 Å². The summed E-state index contributed by atoms with van der Waals surface area (Å²) in [6.07, 6.45) is 0. The Morgan fingerprint density at radius 1 is 1.00 bits per heavy atom. The second-order valence-corrected chi connectivity index (χ2v) is 10.2. The van der Waals surface area contributed by atoms with E-state index in [2.05, 4.69) is 24.1 Å². The maximum atomic E-state index is 12.7. The van der Waals surface area contributed by atoms with Crippen molar-refractivity contribution in [1.29, 1.82) is 0 Å². The molecule has 1 aliphatic heterocycles. The number of benzene rings is 2. The van der Waals surface area contributed by atoms with E-state index in [-0.39, 0.29) is 11.7 Å². The molecular weight excluding hydrogens is 398 g/mol. The van der Waals surface area contributed by atoms with E-state index in [9.17, 15) is 13.2 Å². The molecule has 30 heavy (non-hydrogen) atoms. The van der Waals surface area contributed by atoms with Crippen LogP contribution in [0.25, 0.3) is 0 Å². The van der Waals surface area contributed by atoms with Gasteiger partial charge in [0.1, 0.15) is 0 Å². The van der Waals surface area contributed by atoms with Gasteiger partial charge in [-0.25, -0.2) is 8.42 Å². The van der Waals surface area contributed by atoms with Crippen molar-refractivity contribution in [3.8, 4) is 0 Å². The molecule has 1 heterocycles. The van der Waals surface area contributed by atoms with Crippen molar-refractivity contribution in [2.24, 2.45) is 0 Å². The Morgan fingerprint density at radius 2 is 1.63 bits per heavy atom. The molecule has 1 amide bonds. The fraction of sp³-hybridized carbons (Fsp3) is 0.435. The molecule has 0 unspecified atom stereocenters. The van der Waals surface area contributed by atoms with Gasteiger partial charge >= 0.3 is 0 Å². The molecule has 1 saturated heterocycles. The smallest absolute Gasteiger partial charge is 0.255 e. The lowest BCUT2D eigenvalue weighted by Crippen LogP contribution is -2.48. The van der Waals surface area contributed by atoms with Crippen LogP contribution in [0.2, 0.25) is 0 Å². The minimum absolute atomic E-state index is 0.118. The predicted octanol–water partition coefficient (Wildman–Crippen LogP) is 3.53. The Hall–Kier alpha value is -2.22. The SMILES string of the molecule is CCS(=O)(=O)N1CCN(Cc2ccc(C(=O)Nc3ccccc3C(C)C)cc2)CC1. The highest BCUT2D eigenvalue weighted by Gasteiger charge is 2.25. The summed E-state index contributed by atoms with van der Waals surface area (Å²) in [6.45, 7) is 9.15. The summed E-state index contributed by atoms with van der Waals surface area (Å²) in [6, 6.07) is 15.5. The predicted molar refractivity (Wildman–Crippen MR) is 121 cm³/mol. The number of hydrogen-bond donors (Lipinski definition) is 1. The zero-order chi connectivity index (χ0) is 21.7. The first-order valence-corrected chi connectivity index (χ1v) is 12.1. The molecule has 1 fully saturated rings. The third-order valence-electron chi connectivity index (χ3n) is 5.54. The molecule has 1 aliphatic rings. The molecule has 0 radical (unpaired) electrons. The zero-order valence-corrected chi connectivity index (χ0v) is 18.8. The summed E-state index contributed by atoms with van der Waals surface area (Å²) >= 11 is 0. The molecule has 0 aliphatic carbocycles. The molecule has 0 saturated carbocycles. The van der Waals surface area contributed by atoms with Crippen LogP contribution in [-0.2, 0) is 16.6 Å². The first-order valence-electron chi connectivity index (χ1n) is 10.5. The van der Waals surface area contributed by atoms with Gasteiger partial charge in [0.05, 0.1) is 5.75 Å². The summed E-state index contributed by atoms with van der Waals surface area (Å²) in [5, 5.41) is 3.02. The third kappa shape index (κ3) is 5.47. The van der Waals surface area contributed by atoms with Gasteiger partial charge < -0.3 is 5.32 Å². The highest BCUT2D eigenvalue weighted by atomic mass is 32.2. The van der Waals surface area contributed by atoms with Crippen LogP contribution in [0.1, 0.15) is 48.2 Å². The lowest BCUT2D eigenvalue weighted by molar-refractivity contribution is 0.102. The van der Waals surface area contributed by atoms with E-state index >= 15 is 0 Å². The Morgan fingerprint density at radius 3 is 2.23 bits per heavy atom. The second kappa shape index (κ2) is 9.73. The first kappa shape index (κ1) is 22.5. The summed E-state index contributed by atoms with van der Waals surface area (Å²) < 4.78 is 25.5. The van der Waals surface area contributed by atoms with Crippen molar-refractivity contribution >= 4 is 21.6 Å². The number of carbonyl (C=O) groups excluding carboxylic acids is 1. The van der Waals surface area contributed by atoms with Crippen molar-refractivity contribution in [3.63, 3.8) is 0 Å². The molecule has 2 aromatic carbocycles. The monoisotopic (exact) mass is 429 g/mol. The van der Waals surface area contributed by atoms with Crippen LogP contribution in [0.5, 0.6) is 0 Å². The molecule has 0 bridgehead atoms. The van der Waals surface area contributed by atoms with Gasteiger partial charge in [0, 0.05) is 44.0 Å². The van der Waals surface area contributed by atoms with Gasteiger partial charge in [0.2, 0.25) is 10.0 Å². The fourth-order valence-corrected chi connectivity index (χ4v) is 4.76. The van der Waals surface area contributed by atoms with E-state index < -0.39 is 10.0 Å². The molecule has 1 N–H and O–H groups in total. The van der Waals surface area contributed by atoms with E-state index in [1.165, 1.54) is 0 Å². The first-order chi connectivity index (χ1) is 14.3. The lowest BCUT2D eigenvalue weighted by Gasteiger charge is -2.33. The Balaban J connectivity index is 1.57. The molecule has 2 aromatic rings. The quantitative estimate of drug-likeness (QED) is 0.731. The number of hydrogen-bond acceptors (Lipinski definition) is 4. The highest BCUT2D eigenvalue weighted by Crippen LogP contribution is 2.24. The summed E-state index contributed by atoms with van der Waals surface area (Å²) in [4.78, 5) is 14.9. The standard InChI is InChI=1S/C23H31N3O3S/c1-4-30(28,29)26-15-13-25(14-16-26)17-19-9-11-20(12-10-19)23(27)24-22-8-6-5-7-21(22)18(2)3/h5-12,18H,4,13-17H2,1-3H3,(H,24,27). The van der Waals surface area contributed by atoms with Crippen LogP contribution >= 0.6 is 0 Å². The van der Waals surface area contributed by atoms with Crippen LogP contribution in [-0.4, -0.2) is 55.5 Å². The minimum Gasteiger partial charge on any atom is -0.322 e. The van der Waals surface area contributed by atoms with E-state index in [4.69, 9.17) is 0 Å². The molecule has 0 spiro atoms. The third-order valence-corrected chi connectivity index (χ3v) is 7.42. The zero-order valence-electron chi connectivity index (χ0n) is 18.0. The topological polar surface area (TPSA) is 69.7 Å². The summed E-state index contributed by atoms with van der Waals surface area (Å²) in [5.41, 5.74) is 3.70. The average Bonchev–Trinajstić information content (AvgIpc) is 2.75. The van der Waals surface area contributed by atoms with Gasteiger partial charge in [-0.2, -0.15) is 4.31 Å². The van der Waals surface area contributed by atoms with Crippen LogP contribution in [0, 0.1) is 0 Å². The maximum absolute atomic E-state index is 12.7. The van der Waals surface area contributed by atoms with Crippen LogP contribution in [0.15, 0.2) is 48.5 Å².